The van der Waals surface area contributed by atoms with Gasteiger partial charge in [0.25, 0.3) is 0 Å². The molecule has 1 aromatic carbocycles. The number of rotatable bonds is 3. The summed E-state index contributed by atoms with van der Waals surface area (Å²) in [5.74, 6) is 0.675. The molecule has 0 aromatic heterocycles. The van der Waals surface area contributed by atoms with Crippen LogP contribution in [0.4, 0.5) is 8.78 Å². The average Bonchev–Trinajstić information content (AvgIpc) is 2.32. The fourth-order valence-electron chi connectivity index (χ4n) is 2.89. The summed E-state index contributed by atoms with van der Waals surface area (Å²) in [6.07, 6.45) is 3.55. The molecule has 100 valence electrons. The predicted molar refractivity (Wildman–Crippen MR) is 69.2 cm³/mol. The Morgan fingerprint density at radius 1 is 1.22 bits per heavy atom. The average molecular weight is 253 g/mol. The molecule has 1 saturated carbocycles. The summed E-state index contributed by atoms with van der Waals surface area (Å²) in [7, 11) is 0. The molecule has 18 heavy (non-hydrogen) atoms. The minimum absolute atomic E-state index is 0.333. The number of hydrogen-bond donors (Lipinski definition) is 1. The van der Waals surface area contributed by atoms with Gasteiger partial charge in [-0.25, -0.2) is 8.78 Å². The topological polar surface area (TPSA) is 12.0 Å². The van der Waals surface area contributed by atoms with E-state index < -0.39 is 0 Å². The van der Waals surface area contributed by atoms with Gasteiger partial charge in [0.15, 0.2) is 0 Å². The molecule has 3 unspecified atom stereocenters. The van der Waals surface area contributed by atoms with Crippen LogP contribution in [0.25, 0.3) is 0 Å². The minimum atomic E-state index is -0.376. The van der Waals surface area contributed by atoms with Crippen LogP contribution in [0.2, 0.25) is 0 Å². The lowest BCUT2D eigenvalue weighted by molar-refractivity contribution is 0.226. The fourth-order valence-corrected chi connectivity index (χ4v) is 2.89. The highest BCUT2D eigenvalue weighted by Gasteiger charge is 2.24. The van der Waals surface area contributed by atoms with Crippen molar-refractivity contribution in [1.29, 1.82) is 0 Å². The molecule has 0 saturated heterocycles. The first-order valence-corrected chi connectivity index (χ1v) is 6.73. The molecule has 0 heterocycles. The highest BCUT2D eigenvalue weighted by atomic mass is 19.1. The zero-order chi connectivity index (χ0) is 13.1. The molecule has 1 nitrogen and oxygen atoms in total. The molecule has 1 aliphatic rings. The van der Waals surface area contributed by atoms with Crippen LogP contribution in [-0.2, 0) is 6.54 Å². The molecular weight excluding hydrogens is 232 g/mol. The van der Waals surface area contributed by atoms with Gasteiger partial charge in [-0.3, -0.25) is 0 Å². The van der Waals surface area contributed by atoms with Crippen molar-refractivity contribution < 1.29 is 8.78 Å². The van der Waals surface area contributed by atoms with Crippen LogP contribution in [0.1, 0.15) is 38.7 Å². The first-order chi connectivity index (χ1) is 8.56. The van der Waals surface area contributed by atoms with E-state index in [1.165, 1.54) is 25.0 Å². The minimum Gasteiger partial charge on any atom is -0.310 e. The molecule has 2 rings (SSSR count). The maximum Gasteiger partial charge on any atom is 0.127 e. The van der Waals surface area contributed by atoms with Gasteiger partial charge in [0.2, 0.25) is 0 Å². The van der Waals surface area contributed by atoms with Gasteiger partial charge in [-0.05, 0) is 49.3 Å². The lowest BCUT2D eigenvalue weighted by Gasteiger charge is -2.33. The van der Waals surface area contributed by atoms with Gasteiger partial charge in [-0.15, -0.1) is 0 Å². The van der Waals surface area contributed by atoms with Gasteiger partial charge >= 0.3 is 0 Å². The van der Waals surface area contributed by atoms with Crippen LogP contribution in [0.3, 0.4) is 0 Å². The standard InChI is InChI=1S/C15H21F2N/c1-10-3-6-15(11(2)7-10)18-9-12-8-13(16)4-5-14(12)17/h4-5,8,10-11,15,18H,3,6-7,9H2,1-2H3. The summed E-state index contributed by atoms with van der Waals surface area (Å²) < 4.78 is 26.5. The van der Waals surface area contributed by atoms with Gasteiger partial charge in [-0.1, -0.05) is 13.8 Å². The van der Waals surface area contributed by atoms with Crippen LogP contribution in [0.15, 0.2) is 18.2 Å². The zero-order valence-corrected chi connectivity index (χ0v) is 11.0. The Kier molecular flexibility index (Phi) is 4.33. The number of halogens is 2. The summed E-state index contributed by atoms with van der Waals surface area (Å²) in [5.41, 5.74) is 0.417. The molecule has 0 amide bonds. The normalized spacial score (nSPS) is 28.3. The smallest absolute Gasteiger partial charge is 0.127 e. The third kappa shape index (κ3) is 3.29. The van der Waals surface area contributed by atoms with Crippen molar-refractivity contribution >= 4 is 0 Å². The molecular formula is C15H21F2N. The van der Waals surface area contributed by atoms with Gasteiger partial charge in [0, 0.05) is 18.2 Å². The van der Waals surface area contributed by atoms with Crippen molar-refractivity contribution in [2.24, 2.45) is 11.8 Å². The van der Waals surface area contributed by atoms with Gasteiger partial charge in [0.05, 0.1) is 0 Å². The second kappa shape index (κ2) is 5.79. The number of hydrogen-bond acceptors (Lipinski definition) is 1. The van der Waals surface area contributed by atoms with Crippen LogP contribution >= 0.6 is 0 Å². The quantitative estimate of drug-likeness (QED) is 0.862. The molecule has 0 radical (unpaired) electrons. The monoisotopic (exact) mass is 253 g/mol. The Balaban J connectivity index is 1.93. The molecule has 3 atom stereocenters. The van der Waals surface area contributed by atoms with E-state index in [4.69, 9.17) is 0 Å². The predicted octanol–water partition coefficient (Wildman–Crippen LogP) is 3.88. The molecule has 0 spiro atoms. The molecule has 0 aliphatic heterocycles. The number of benzene rings is 1. The van der Waals surface area contributed by atoms with Gasteiger partial charge < -0.3 is 5.32 Å². The summed E-state index contributed by atoms with van der Waals surface area (Å²) in [6.45, 7) is 4.92. The Morgan fingerprint density at radius 2 is 2.00 bits per heavy atom. The zero-order valence-electron chi connectivity index (χ0n) is 11.0. The molecule has 1 aromatic rings. The van der Waals surface area contributed by atoms with E-state index in [2.05, 4.69) is 19.2 Å². The Morgan fingerprint density at radius 3 is 2.72 bits per heavy atom. The molecule has 1 N–H and O–H groups in total. The largest absolute Gasteiger partial charge is 0.310 e. The van der Waals surface area contributed by atoms with Gasteiger partial charge in [-0.2, -0.15) is 0 Å². The van der Waals surface area contributed by atoms with E-state index in [9.17, 15) is 8.78 Å². The third-order valence-electron chi connectivity index (χ3n) is 3.99. The van der Waals surface area contributed by atoms with Crippen molar-refractivity contribution in [1.82, 2.24) is 5.32 Å². The highest BCUT2D eigenvalue weighted by Crippen LogP contribution is 2.28. The summed E-state index contributed by atoms with van der Waals surface area (Å²) in [4.78, 5) is 0. The van der Waals surface area contributed by atoms with Crippen LogP contribution in [0, 0.1) is 23.5 Å². The lowest BCUT2D eigenvalue weighted by Crippen LogP contribution is -2.38. The van der Waals surface area contributed by atoms with E-state index >= 15 is 0 Å². The van der Waals surface area contributed by atoms with Crippen LogP contribution in [-0.4, -0.2) is 6.04 Å². The first kappa shape index (κ1) is 13.5. The van der Waals surface area contributed by atoms with E-state index in [0.29, 0.717) is 24.1 Å². The van der Waals surface area contributed by atoms with Crippen molar-refractivity contribution in [2.75, 3.05) is 0 Å². The molecule has 0 bridgehead atoms. The second-order valence-corrected chi connectivity index (χ2v) is 5.62. The maximum atomic E-state index is 13.5. The fraction of sp³-hybridized carbons (Fsp3) is 0.600. The van der Waals surface area contributed by atoms with Crippen molar-refractivity contribution in [2.45, 2.75) is 45.7 Å². The Labute approximate surface area is 108 Å². The maximum absolute atomic E-state index is 13.5. The highest BCUT2D eigenvalue weighted by molar-refractivity contribution is 5.18. The van der Waals surface area contributed by atoms with Crippen LogP contribution < -0.4 is 5.32 Å². The van der Waals surface area contributed by atoms with Crippen molar-refractivity contribution in [3.8, 4) is 0 Å². The molecule has 3 heteroatoms. The van der Waals surface area contributed by atoms with E-state index in [-0.39, 0.29) is 11.6 Å². The Hall–Kier alpha value is -0.960. The van der Waals surface area contributed by atoms with Gasteiger partial charge in [0.1, 0.15) is 11.6 Å². The lowest BCUT2D eigenvalue weighted by atomic mass is 9.80. The van der Waals surface area contributed by atoms with E-state index in [1.807, 2.05) is 0 Å². The van der Waals surface area contributed by atoms with Crippen molar-refractivity contribution in [3.05, 3.63) is 35.4 Å². The first-order valence-electron chi connectivity index (χ1n) is 6.73. The molecule has 1 fully saturated rings. The van der Waals surface area contributed by atoms with Crippen LogP contribution in [0.5, 0.6) is 0 Å². The Bertz CT molecular complexity index is 405. The summed E-state index contributed by atoms with van der Waals surface area (Å²) in [5, 5.41) is 3.37. The van der Waals surface area contributed by atoms with Crippen molar-refractivity contribution in [3.63, 3.8) is 0 Å². The summed E-state index contributed by atoms with van der Waals surface area (Å²) in [6, 6.07) is 4.05. The molecule has 1 aliphatic carbocycles. The number of nitrogens with one attached hydrogen (secondary N) is 1. The summed E-state index contributed by atoms with van der Waals surface area (Å²) >= 11 is 0. The van der Waals surface area contributed by atoms with E-state index in [1.54, 1.807) is 0 Å². The van der Waals surface area contributed by atoms with E-state index in [0.717, 1.165) is 18.4 Å². The SMILES string of the molecule is CC1CCC(NCc2cc(F)ccc2F)C(C)C1. The third-order valence-corrected chi connectivity index (χ3v) is 3.99. The second-order valence-electron chi connectivity index (χ2n) is 5.62.